The van der Waals surface area contributed by atoms with Gasteiger partial charge in [-0.2, -0.15) is 0 Å². The van der Waals surface area contributed by atoms with Crippen LogP contribution in [-0.4, -0.2) is 22.0 Å². The fourth-order valence-corrected chi connectivity index (χ4v) is 1.97. The van der Waals surface area contributed by atoms with E-state index >= 15 is 0 Å². The lowest BCUT2D eigenvalue weighted by atomic mass is 10.3. The van der Waals surface area contributed by atoms with E-state index < -0.39 is 10.0 Å². The van der Waals surface area contributed by atoms with E-state index in [1.165, 1.54) is 12.6 Å². The van der Waals surface area contributed by atoms with Crippen molar-refractivity contribution in [3.63, 3.8) is 0 Å². The summed E-state index contributed by atoms with van der Waals surface area (Å²) in [5.41, 5.74) is 2.14. The predicted molar refractivity (Wildman–Crippen MR) is 70.6 cm³/mol. The van der Waals surface area contributed by atoms with E-state index in [0.717, 1.165) is 12.2 Å². The first-order valence-corrected chi connectivity index (χ1v) is 6.85. The Bertz CT molecular complexity index is 486. The zero-order valence-corrected chi connectivity index (χ0v) is 11.1. The topological polar surface area (TPSA) is 58.2 Å². The third kappa shape index (κ3) is 4.20. The van der Waals surface area contributed by atoms with Crippen molar-refractivity contribution in [2.75, 3.05) is 18.9 Å². The van der Waals surface area contributed by atoms with Crippen LogP contribution in [0.1, 0.15) is 13.8 Å². The van der Waals surface area contributed by atoms with Crippen LogP contribution in [0.4, 0.5) is 5.69 Å². The monoisotopic (exact) mass is 254 g/mol. The molecule has 1 aromatic rings. The predicted octanol–water partition coefficient (Wildman–Crippen LogP) is 1.97. The van der Waals surface area contributed by atoms with Gasteiger partial charge in [0.05, 0.1) is 4.90 Å². The first-order chi connectivity index (χ1) is 7.95. The number of hydrogen-bond acceptors (Lipinski definition) is 3. The Morgan fingerprint density at radius 3 is 2.29 bits per heavy atom. The number of allylic oxidation sites excluding steroid dienone is 1. The molecule has 0 unspecified atom stereocenters. The Labute approximate surface area is 103 Å². The number of benzene rings is 1. The highest BCUT2D eigenvalue weighted by Gasteiger charge is 2.09. The molecule has 0 bridgehead atoms. The molecule has 0 aliphatic rings. The minimum atomic E-state index is -3.34. The normalized spacial score (nSPS) is 11.0. The summed E-state index contributed by atoms with van der Waals surface area (Å²) < 4.78 is 25.2. The van der Waals surface area contributed by atoms with Crippen LogP contribution in [-0.2, 0) is 10.0 Å². The molecular weight excluding hydrogens is 236 g/mol. The Kier molecular flexibility index (Phi) is 4.72. The SMILES string of the molecule is CNS(=O)(=O)c1ccc(NCC=C(C)C)cc1. The number of anilines is 1. The molecule has 0 aliphatic carbocycles. The molecule has 2 N–H and O–H groups in total. The van der Waals surface area contributed by atoms with Crippen LogP contribution in [0.15, 0.2) is 40.8 Å². The smallest absolute Gasteiger partial charge is 0.240 e. The van der Waals surface area contributed by atoms with Gasteiger partial charge >= 0.3 is 0 Å². The van der Waals surface area contributed by atoms with Crippen molar-refractivity contribution >= 4 is 15.7 Å². The van der Waals surface area contributed by atoms with Crippen molar-refractivity contribution in [3.05, 3.63) is 35.9 Å². The summed E-state index contributed by atoms with van der Waals surface area (Å²) in [5.74, 6) is 0. The standard InChI is InChI=1S/C12H18N2O2S/c1-10(2)8-9-14-11-4-6-12(7-5-11)17(15,16)13-3/h4-8,13-14H,9H2,1-3H3. The Balaban J connectivity index is 2.72. The van der Waals surface area contributed by atoms with Gasteiger partial charge in [-0.25, -0.2) is 13.1 Å². The molecule has 94 valence electrons. The summed E-state index contributed by atoms with van der Waals surface area (Å²) in [4.78, 5) is 0.271. The van der Waals surface area contributed by atoms with Gasteiger partial charge in [0, 0.05) is 12.2 Å². The molecule has 0 saturated carbocycles. The third-order valence-electron chi connectivity index (χ3n) is 2.25. The summed E-state index contributed by atoms with van der Waals surface area (Å²) in [7, 11) is -1.94. The Hall–Kier alpha value is -1.33. The van der Waals surface area contributed by atoms with Crippen molar-refractivity contribution in [2.24, 2.45) is 0 Å². The fourth-order valence-electron chi connectivity index (χ4n) is 1.24. The lowest BCUT2D eigenvalue weighted by Gasteiger charge is -2.06. The van der Waals surface area contributed by atoms with E-state index in [0.29, 0.717) is 0 Å². The molecule has 4 nitrogen and oxygen atoms in total. The summed E-state index contributed by atoms with van der Waals surface area (Å²) >= 11 is 0. The van der Waals surface area contributed by atoms with Gasteiger partial charge in [0.1, 0.15) is 0 Å². The number of hydrogen-bond donors (Lipinski definition) is 2. The van der Waals surface area contributed by atoms with Crippen molar-refractivity contribution in [1.29, 1.82) is 0 Å². The van der Waals surface area contributed by atoms with Gasteiger partial charge in [-0.05, 0) is 45.2 Å². The second-order valence-corrected chi connectivity index (χ2v) is 5.78. The van der Waals surface area contributed by atoms with Crippen molar-refractivity contribution in [2.45, 2.75) is 18.7 Å². The zero-order valence-electron chi connectivity index (χ0n) is 10.3. The molecule has 0 fully saturated rings. The van der Waals surface area contributed by atoms with Crippen LogP contribution in [0.2, 0.25) is 0 Å². The van der Waals surface area contributed by atoms with Gasteiger partial charge in [0.2, 0.25) is 10.0 Å². The second kappa shape index (κ2) is 5.84. The quantitative estimate of drug-likeness (QED) is 0.790. The maximum absolute atomic E-state index is 11.5. The highest BCUT2D eigenvalue weighted by molar-refractivity contribution is 7.89. The molecule has 0 atom stereocenters. The summed E-state index contributed by atoms with van der Waals surface area (Å²) in [5, 5.41) is 3.18. The summed E-state index contributed by atoms with van der Waals surface area (Å²) in [6.07, 6.45) is 2.07. The van der Waals surface area contributed by atoms with Gasteiger partial charge in [-0.1, -0.05) is 11.6 Å². The maximum Gasteiger partial charge on any atom is 0.240 e. The van der Waals surface area contributed by atoms with Gasteiger partial charge in [0.15, 0.2) is 0 Å². The molecule has 0 radical (unpaired) electrons. The van der Waals surface area contributed by atoms with Gasteiger partial charge < -0.3 is 5.32 Å². The Morgan fingerprint density at radius 1 is 1.24 bits per heavy atom. The molecular formula is C12H18N2O2S. The average Bonchev–Trinajstić information content (AvgIpc) is 2.29. The number of nitrogens with one attached hydrogen (secondary N) is 2. The first-order valence-electron chi connectivity index (χ1n) is 5.36. The van der Waals surface area contributed by atoms with E-state index in [4.69, 9.17) is 0 Å². The molecule has 0 spiro atoms. The summed E-state index contributed by atoms with van der Waals surface area (Å²) in [6.45, 7) is 4.80. The minimum absolute atomic E-state index is 0.271. The number of sulfonamides is 1. The van der Waals surface area contributed by atoms with E-state index in [1.54, 1.807) is 24.3 Å². The molecule has 0 aromatic heterocycles. The van der Waals surface area contributed by atoms with Crippen LogP contribution >= 0.6 is 0 Å². The third-order valence-corrected chi connectivity index (χ3v) is 3.68. The lowest BCUT2D eigenvalue weighted by Crippen LogP contribution is -2.18. The average molecular weight is 254 g/mol. The van der Waals surface area contributed by atoms with Crippen molar-refractivity contribution in [1.82, 2.24) is 4.72 Å². The van der Waals surface area contributed by atoms with Crippen LogP contribution < -0.4 is 10.0 Å². The van der Waals surface area contributed by atoms with Crippen molar-refractivity contribution < 1.29 is 8.42 Å². The minimum Gasteiger partial charge on any atom is -0.382 e. The Morgan fingerprint density at radius 2 is 1.82 bits per heavy atom. The van der Waals surface area contributed by atoms with Crippen molar-refractivity contribution in [3.8, 4) is 0 Å². The molecule has 0 saturated heterocycles. The molecule has 5 heteroatoms. The largest absolute Gasteiger partial charge is 0.382 e. The van der Waals surface area contributed by atoms with Gasteiger partial charge in [0.25, 0.3) is 0 Å². The van der Waals surface area contributed by atoms with E-state index in [1.807, 2.05) is 13.8 Å². The maximum atomic E-state index is 11.5. The highest BCUT2D eigenvalue weighted by atomic mass is 32.2. The molecule has 0 amide bonds. The van der Waals surface area contributed by atoms with E-state index in [9.17, 15) is 8.42 Å². The molecule has 1 rings (SSSR count). The molecule has 1 aromatic carbocycles. The summed E-state index contributed by atoms with van der Waals surface area (Å²) in [6, 6.07) is 6.67. The highest BCUT2D eigenvalue weighted by Crippen LogP contribution is 2.13. The van der Waals surface area contributed by atoms with Crippen LogP contribution in [0.3, 0.4) is 0 Å². The van der Waals surface area contributed by atoms with Gasteiger partial charge in [-0.3, -0.25) is 0 Å². The van der Waals surface area contributed by atoms with Crippen LogP contribution in [0.5, 0.6) is 0 Å². The fraction of sp³-hybridized carbons (Fsp3) is 0.333. The zero-order chi connectivity index (χ0) is 12.9. The van der Waals surface area contributed by atoms with Gasteiger partial charge in [-0.15, -0.1) is 0 Å². The van der Waals surface area contributed by atoms with Crippen LogP contribution in [0.25, 0.3) is 0 Å². The van der Waals surface area contributed by atoms with E-state index in [2.05, 4.69) is 16.1 Å². The molecule has 17 heavy (non-hydrogen) atoms. The first kappa shape index (κ1) is 13.7. The molecule has 0 aliphatic heterocycles. The second-order valence-electron chi connectivity index (χ2n) is 3.89. The number of rotatable bonds is 5. The van der Waals surface area contributed by atoms with E-state index in [-0.39, 0.29) is 4.90 Å². The lowest BCUT2D eigenvalue weighted by molar-refractivity contribution is 0.588. The van der Waals surface area contributed by atoms with Crippen LogP contribution in [0, 0.1) is 0 Å². The molecule has 0 heterocycles.